The number of amides is 1. The van der Waals surface area contributed by atoms with Crippen LogP contribution in [0.2, 0.25) is 0 Å². The predicted octanol–water partition coefficient (Wildman–Crippen LogP) is 3.39. The number of carbonyl (C=O) groups excluding carboxylic acids is 1. The molecule has 1 fully saturated rings. The third-order valence-corrected chi connectivity index (χ3v) is 5.23. The molecule has 0 spiro atoms. The third-order valence-electron chi connectivity index (χ3n) is 5.23. The molecule has 25 heavy (non-hydrogen) atoms. The summed E-state index contributed by atoms with van der Waals surface area (Å²) in [6.07, 6.45) is 3.08. The van der Waals surface area contributed by atoms with Gasteiger partial charge in [0, 0.05) is 12.7 Å². The van der Waals surface area contributed by atoms with E-state index in [9.17, 15) is 4.79 Å². The van der Waals surface area contributed by atoms with Gasteiger partial charge in [-0.25, -0.2) is 4.98 Å². The number of nitrogens with zero attached hydrogens (tertiary/aromatic N) is 3. The lowest BCUT2D eigenvalue weighted by atomic mass is 9.71. The fourth-order valence-corrected chi connectivity index (χ4v) is 3.81. The number of hydrogen-bond acceptors (Lipinski definition) is 3. The summed E-state index contributed by atoms with van der Waals surface area (Å²) in [6, 6.07) is 12.1. The highest BCUT2D eigenvalue weighted by atomic mass is 16.1. The number of aromatic nitrogens is 3. The van der Waals surface area contributed by atoms with Crippen LogP contribution in [0.4, 0.5) is 0 Å². The van der Waals surface area contributed by atoms with Gasteiger partial charge < -0.3 is 5.32 Å². The van der Waals surface area contributed by atoms with E-state index in [4.69, 9.17) is 0 Å². The molecule has 128 valence electrons. The Morgan fingerprint density at radius 2 is 1.92 bits per heavy atom. The molecule has 0 unspecified atom stereocenters. The minimum Gasteiger partial charge on any atom is -0.343 e. The Morgan fingerprint density at radius 1 is 1.20 bits per heavy atom. The van der Waals surface area contributed by atoms with E-state index in [1.807, 2.05) is 45.2 Å². The van der Waals surface area contributed by atoms with Gasteiger partial charge in [-0.15, -0.1) is 0 Å². The van der Waals surface area contributed by atoms with Gasteiger partial charge >= 0.3 is 0 Å². The lowest BCUT2D eigenvalue weighted by Crippen LogP contribution is -2.50. The van der Waals surface area contributed by atoms with E-state index in [2.05, 4.69) is 27.5 Å². The highest BCUT2D eigenvalue weighted by molar-refractivity contribution is 6.06. The van der Waals surface area contributed by atoms with E-state index in [1.54, 1.807) is 4.68 Å². The zero-order chi connectivity index (χ0) is 17.6. The standard InChI is InChI=1S/C20H22N4O/c1-13-12-16(17-14(2)23-24(3)18(17)21-13)19(25)22-20(10-7-11-20)15-8-5-4-6-9-15/h4-6,8-9,12H,7,10-11H2,1-3H3,(H,22,25). The van der Waals surface area contributed by atoms with Gasteiger partial charge in [0.05, 0.1) is 22.2 Å². The Kier molecular flexibility index (Phi) is 3.60. The lowest BCUT2D eigenvalue weighted by molar-refractivity contribution is 0.0825. The zero-order valence-electron chi connectivity index (χ0n) is 14.8. The quantitative estimate of drug-likeness (QED) is 0.798. The fraction of sp³-hybridized carbons (Fsp3) is 0.350. The number of hydrogen-bond donors (Lipinski definition) is 1. The molecular weight excluding hydrogens is 312 g/mol. The molecule has 1 aliphatic rings. The molecule has 1 N–H and O–H groups in total. The van der Waals surface area contributed by atoms with Gasteiger partial charge in [0.2, 0.25) is 0 Å². The van der Waals surface area contributed by atoms with Crippen molar-refractivity contribution in [2.75, 3.05) is 0 Å². The van der Waals surface area contributed by atoms with Gasteiger partial charge in [0.1, 0.15) is 0 Å². The van der Waals surface area contributed by atoms with Crippen molar-refractivity contribution in [1.29, 1.82) is 0 Å². The first-order valence-corrected chi connectivity index (χ1v) is 8.69. The summed E-state index contributed by atoms with van der Waals surface area (Å²) in [6.45, 7) is 3.83. The first-order valence-electron chi connectivity index (χ1n) is 8.69. The summed E-state index contributed by atoms with van der Waals surface area (Å²) in [5, 5.41) is 8.59. The molecule has 1 saturated carbocycles. The topological polar surface area (TPSA) is 59.8 Å². The van der Waals surface area contributed by atoms with Crippen LogP contribution in [0, 0.1) is 13.8 Å². The highest BCUT2D eigenvalue weighted by Gasteiger charge is 2.40. The lowest BCUT2D eigenvalue weighted by Gasteiger charge is -2.43. The second-order valence-electron chi connectivity index (χ2n) is 6.97. The Morgan fingerprint density at radius 3 is 2.56 bits per heavy atom. The van der Waals surface area contributed by atoms with Crippen molar-refractivity contribution in [3.8, 4) is 0 Å². The normalized spacial score (nSPS) is 15.8. The fourth-order valence-electron chi connectivity index (χ4n) is 3.81. The Labute approximate surface area is 147 Å². The first-order chi connectivity index (χ1) is 12.0. The van der Waals surface area contributed by atoms with Crippen LogP contribution in [-0.4, -0.2) is 20.7 Å². The maximum atomic E-state index is 13.2. The van der Waals surface area contributed by atoms with E-state index >= 15 is 0 Å². The average Bonchev–Trinajstić information content (AvgIpc) is 2.85. The SMILES string of the molecule is Cc1cc(C(=O)NC2(c3ccccc3)CCC2)c2c(C)nn(C)c2n1. The van der Waals surface area contributed by atoms with Crippen molar-refractivity contribution < 1.29 is 4.79 Å². The summed E-state index contributed by atoms with van der Waals surface area (Å²) < 4.78 is 1.74. The van der Waals surface area contributed by atoms with Crippen LogP contribution < -0.4 is 5.32 Å². The molecule has 2 aromatic heterocycles. The molecule has 4 rings (SSSR count). The Bertz CT molecular complexity index is 955. The van der Waals surface area contributed by atoms with Crippen molar-refractivity contribution >= 4 is 16.9 Å². The minimum atomic E-state index is -0.252. The molecule has 1 aromatic carbocycles. The van der Waals surface area contributed by atoms with Gasteiger partial charge in [-0.2, -0.15) is 5.10 Å². The van der Waals surface area contributed by atoms with Crippen molar-refractivity contribution in [3.05, 3.63) is 58.9 Å². The van der Waals surface area contributed by atoms with Gasteiger partial charge in [-0.1, -0.05) is 30.3 Å². The monoisotopic (exact) mass is 334 g/mol. The number of nitrogens with one attached hydrogen (secondary N) is 1. The molecule has 1 aliphatic carbocycles. The van der Waals surface area contributed by atoms with Crippen LogP contribution in [0.5, 0.6) is 0 Å². The summed E-state index contributed by atoms with van der Waals surface area (Å²) in [7, 11) is 1.86. The first kappa shape index (κ1) is 15.8. The number of benzene rings is 1. The van der Waals surface area contributed by atoms with Crippen LogP contribution in [0.3, 0.4) is 0 Å². The van der Waals surface area contributed by atoms with Crippen LogP contribution in [-0.2, 0) is 12.6 Å². The second-order valence-corrected chi connectivity index (χ2v) is 6.97. The average molecular weight is 334 g/mol. The molecule has 0 radical (unpaired) electrons. The number of fused-ring (bicyclic) bond motifs is 1. The number of carbonyl (C=O) groups is 1. The van der Waals surface area contributed by atoms with E-state index in [1.165, 1.54) is 5.56 Å². The van der Waals surface area contributed by atoms with E-state index < -0.39 is 0 Å². The Hall–Kier alpha value is -2.69. The molecule has 1 amide bonds. The van der Waals surface area contributed by atoms with Crippen LogP contribution in [0.15, 0.2) is 36.4 Å². The summed E-state index contributed by atoms with van der Waals surface area (Å²) in [5.74, 6) is -0.0462. The van der Waals surface area contributed by atoms with Gasteiger partial charge in [-0.3, -0.25) is 9.48 Å². The van der Waals surface area contributed by atoms with E-state index in [0.29, 0.717) is 5.56 Å². The molecule has 0 aliphatic heterocycles. The molecule has 2 heterocycles. The van der Waals surface area contributed by atoms with Gasteiger partial charge in [-0.05, 0) is 44.7 Å². The maximum Gasteiger partial charge on any atom is 0.252 e. The van der Waals surface area contributed by atoms with Crippen molar-refractivity contribution in [2.45, 2.75) is 38.6 Å². The van der Waals surface area contributed by atoms with E-state index in [0.717, 1.165) is 41.7 Å². The van der Waals surface area contributed by atoms with Crippen molar-refractivity contribution in [2.24, 2.45) is 7.05 Å². The minimum absolute atomic E-state index is 0.0462. The molecule has 0 atom stereocenters. The number of pyridine rings is 1. The van der Waals surface area contributed by atoms with Crippen molar-refractivity contribution in [1.82, 2.24) is 20.1 Å². The number of aryl methyl sites for hydroxylation is 3. The predicted molar refractivity (Wildman–Crippen MR) is 97.4 cm³/mol. The zero-order valence-corrected chi connectivity index (χ0v) is 14.8. The van der Waals surface area contributed by atoms with Crippen molar-refractivity contribution in [3.63, 3.8) is 0 Å². The molecule has 0 saturated heterocycles. The number of rotatable bonds is 3. The van der Waals surface area contributed by atoms with Crippen LogP contribution in [0.25, 0.3) is 11.0 Å². The molecule has 5 heteroatoms. The second kappa shape index (κ2) is 5.69. The summed E-state index contributed by atoms with van der Waals surface area (Å²) in [4.78, 5) is 17.7. The van der Waals surface area contributed by atoms with Gasteiger partial charge in [0.25, 0.3) is 5.91 Å². The smallest absolute Gasteiger partial charge is 0.252 e. The summed E-state index contributed by atoms with van der Waals surface area (Å²) in [5.41, 5.74) is 4.00. The largest absolute Gasteiger partial charge is 0.343 e. The highest BCUT2D eigenvalue weighted by Crippen LogP contribution is 2.41. The Balaban J connectivity index is 1.76. The molecule has 3 aromatic rings. The molecule has 5 nitrogen and oxygen atoms in total. The van der Waals surface area contributed by atoms with Gasteiger partial charge in [0.15, 0.2) is 5.65 Å². The van der Waals surface area contributed by atoms with Crippen LogP contribution in [0.1, 0.15) is 46.6 Å². The molecule has 0 bridgehead atoms. The van der Waals surface area contributed by atoms with Crippen LogP contribution >= 0.6 is 0 Å². The maximum absolute atomic E-state index is 13.2. The molecular formula is C20H22N4O. The van der Waals surface area contributed by atoms with E-state index in [-0.39, 0.29) is 11.4 Å². The third kappa shape index (κ3) is 2.51. The summed E-state index contributed by atoms with van der Waals surface area (Å²) >= 11 is 0.